The number of alkyl halides is 6. The molecule has 1 N–H and O–H groups in total. The van der Waals surface area contributed by atoms with Crippen molar-refractivity contribution in [1.29, 1.82) is 0 Å². The largest absolute Gasteiger partial charge is 0.505 e. The molecule has 0 heterocycles. The fraction of sp³-hybridized carbons (Fsp3) is 0.333. The molecule has 0 fully saturated rings. The van der Waals surface area contributed by atoms with Gasteiger partial charge < -0.3 is 5.11 Å². The lowest BCUT2D eigenvalue weighted by atomic mass is 9.97. The first-order valence-electron chi connectivity index (χ1n) is 4.15. The summed E-state index contributed by atoms with van der Waals surface area (Å²) in [5.41, 5.74) is -1.26. The molecule has 0 radical (unpaired) electrons. The van der Waals surface area contributed by atoms with Crippen LogP contribution >= 0.6 is 0 Å². The molecular formula is C9H5F7O. The van der Waals surface area contributed by atoms with Crippen LogP contribution < -0.4 is 0 Å². The number of rotatable bonds is 1. The first-order chi connectivity index (χ1) is 7.53. The summed E-state index contributed by atoms with van der Waals surface area (Å²) < 4.78 is 86.0. The highest BCUT2D eigenvalue weighted by atomic mass is 19.4. The van der Waals surface area contributed by atoms with E-state index in [-0.39, 0.29) is 6.07 Å². The maximum Gasteiger partial charge on any atom is 0.404 e. The van der Waals surface area contributed by atoms with Crippen LogP contribution in [0.1, 0.15) is 11.5 Å². The Bertz CT molecular complexity index is 393. The van der Waals surface area contributed by atoms with Gasteiger partial charge in [0.15, 0.2) is 17.5 Å². The zero-order chi connectivity index (χ0) is 13.4. The Labute approximate surface area is 90.5 Å². The fourth-order valence-electron chi connectivity index (χ4n) is 1.27. The maximum atomic E-state index is 12.5. The molecule has 0 aliphatic carbocycles. The number of phenolic OH excluding ortho intramolecular Hbond substituents is 1. The van der Waals surface area contributed by atoms with Crippen LogP contribution in [0.3, 0.4) is 0 Å². The monoisotopic (exact) mass is 262 g/mol. The molecule has 1 aromatic rings. The van der Waals surface area contributed by atoms with Gasteiger partial charge in [-0.25, -0.2) is 4.39 Å². The molecule has 0 saturated carbocycles. The average molecular weight is 262 g/mol. The number of phenols is 1. The Morgan fingerprint density at radius 1 is 0.941 bits per heavy atom. The van der Waals surface area contributed by atoms with Gasteiger partial charge in [-0.1, -0.05) is 6.07 Å². The first kappa shape index (κ1) is 13.6. The van der Waals surface area contributed by atoms with Gasteiger partial charge >= 0.3 is 12.4 Å². The van der Waals surface area contributed by atoms with E-state index in [1.807, 2.05) is 0 Å². The Morgan fingerprint density at radius 2 is 1.41 bits per heavy atom. The minimum Gasteiger partial charge on any atom is -0.505 e. The van der Waals surface area contributed by atoms with E-state index in [9.17, 15) is 30.7 Å². The van der Waals surface area contributed by atoms with Gasteiger partial charge in [0.25, 0.3) is 0 Å². The highest BCUT2D eigenvalue weighted by molar-refractivity contribution is 5.32. The Morgan fingerprint density at radius 3 is 1.76 bits per heavy atom. The van der Waals surface area contributed by atoms with Crippen molar-refractivity contribution in [3.63, 3.8) is 0 Å². The number of aromatic hydroxyl groups is 1. The molecular weight excluding hydrogens is 257 g/mol. The Hall–Kier alpha value is -1.47. The molecule has 0 bridgehead atoms. The molecule has 0 aliphatic heterocycles. The third-order valence-corrected chi connectivity index (χ3v) is 1.96. The third kappa shape index (κ3) is 3.01. The smallest absolute Gasteiger partial charge is 0.404 e. The summed E-state index contributed by atoms with van der Waals surface area (Å²) in [6.07, 6.45) is -11.1. The topological polar surface area (TPSA) is 20.2 Å². The first-order valence-corrected chi connectivity index (χ1v) is 4.15. The van der Waals surface area contributed by atoms with Crippen LogP contribution in [0, 0.1) is 5.82 Å². The van der Waals surface area contributed by atoms with E-state index < -0.39 is 35.4 Å². The number of benzene rings is 1. The van der Waals surface area contributed by atoms with Crippen molar-refractivity contribution in [2.45, 2.75) is 18.3 Å². The zero-order valence-electron chi connectivity index (χ0n) is 7.90. The normalized spacial score (nSPS) is 13.2. The van der Waals surface area contributed by atoms with Gasteiger partial charge in [0.05, 0.1) is 0 Å². The third-order valence-electron chi connectivity index (χ3n) is 1.96. The van der Waals surface area contributed by atoms with E-state index in [1.54, 1.807) is 0 Å². The molecule has 0 spiro atoms. The number of halogens is 7. The van der Waals surface area contributed by atoms with Crippen LogP contribution in [0.5, 0.6) is 5.75 Å². The minimum absolute atomic E-state index is 0.112. The average Bonchev–Trinajstić information content (AvgIpc) is 2.06. The lowest BCUT2D eigenvalue weighted by Crippen LogP contribution is -2.34. The lowest BCUT2D eigenvalue weighted by Gasteiger charge is -2.23. The predicted molar refractivity (Wildman–Crippen MR) is 42.9 cm³/mol. The molecule has 0 unspecified atom stereocenters. The van der Waals surface area contributed by atoms with Crippen molar-refractivity contribution in [3.05, 3.63) is 29.6 Å². The molecule has 17 heavy (non-hydrogen) atoms. The molecule has 8 heteroatoms. The zero-order valence-corrected chi connectivity index (χ0v) is 7.90. The van der Waals surface area contributed by atoms with Gasteiger partial charge in [-0.15, -0.1) is 0 Å². The van der Waals surface area contributed by atoms with Crippen molar-refractivity contribution in [2.24, 2.45) is 0 Å². The second kappa shape index (κ2) is 4.08. The molecule has 1 rings (SSSR count). The summed E-state index contributed by atoms with van der Waals surface area (Å²) in [6, 6.07) is 0.789. The van der Waals surface area contributed by atoms with Gasteiger partial charge in [-0.05, 0) is 17.7 Å². The van der Waals surface area contributed by atoms with Crippen LogP contribution in [0.4, 0.5) is 30.7 Å². The van der Waals surface area contributed by atoms with Gasteiger partial charge in [-0.3, -0.25) is 0 Å². The van der Waals surface area contributed by atoms with Gasteiger partial charge in [-0.2, -0.15) is 26.3 Å². The SMILES string of the molecule is Oc1cc(C(C(F)(F)F)C(F)(F)F)ccc1F. The van der Waals surface area contributed by atoms with E-state index in [4.69, 9.17) is 5.11 Å². The summed E-state index contributed by atoms with van der Waals surface area (Å²) in [7, 11) is 0. The van der Waals surface area contributed by atoms with Crippen LogP contribution in [0.2, 0.25) is 0 Å². The van der Waals surface area contributed by atoms with E-state index in [2.05, 4.69) is 0 Å². The van der Waals surface area contributed by atoms with Gasteiger partial charge in [0.2, 0.25) is 0 Å². The minimum atomic E-state index is -5.57. The Kier molecular flexibility index (Phi) is 3.26. The van der Waals surface area contributed by atoms with Crippen LogP contribution in [0.25, 0.3) is 0 Å². The van der Waals surface area contributed by atoms with Crippen molar-refractivity contribution in [1.82, 2.24) is 0 Å². The summed E-state index contributed by atoms with van der Waals surface area (Å²) in [5.74, 6) is -6.31. The van der Waals surface area contributed by atoms with E-state index >= 15 is 0 Å². The van der Waals surface area contributed by atoms with Crippen LogP contribution in [-0.4, -0.2) is 17.5 Å². The quantitative estimate of drug-likeness (QED) is 0.764. The standard InChI is InChI=1S/C9H5F7O/c10-5-2-1-4(3-6(5)17)7(8(11,12)13)9(14,15)16/h1-3,7,17H. The van der Waals surface area contributed by atoms with Gasteiger partial charge in [0, 0.05) is 0 Å². The van der Waals surface area contributed by atoms with Crippen molar-refractivity contribution in [3.8, 4) is 5.75 Å². The van der Waals surface area contributed by atoms with Crippen LogP contribution in [0.15, 0.2) is 18.2 Å². The van der Waals surface area contributed by atoms with Gasteiger partial charge in [0.1, 0.15) is 0 Å². The molecule has 0 amide bonds. The van der Waals surface area contributed by atoms with Crippen molar-refractivity contribution < 1.29 is 35.8 Å². The van der Waals surface area contributed by atoms with E-state index in [0.717, 1.165) is 0 Å². The molecule has 0 saturated heterocycles. The number of hydrogen-bond acceptors (Lipinski definition) is 1. The Balaban J connectivity index is 3.29. The molecule has 96 valence electrons. The van der Waals surface area contributed by atoms with E-state index in [0.29, 0.717) is 12.1 Å². The highest BCUT2D eigenvalue weighted by Crippen LogP contribution is 2.46. The second-order valence-corrected chi connectivity index (χ2v) is 3.23. The molecule has 0 aliphatic rings. The summed E-state index contributed by atoms with van der Waals surface area (Å²) >= 11 is 0. The second-order valence-electron chi connectivity index (χ2n) is 3.23. The fourth-order valence-corrected chi connectivity index (χ4v) is 1.27. The summed E-state index contributed by atoms with van der Waals surface area (Å²) in [6.45, 7) is 0. The van der Waals surface area contributed by atoms with E-state index in [1.165, 1.54) is 0 Å². The number of hydrogen-bond donors (Lipinski definition) is 1. The highest BCUT2D eigenvalue weighted by Gasteiger charge is 2.57. The van der Waals surface area contributed by atoms with Crippen molar-refractivity contribution in [2.75, 3.05) is 0 Å². The lowest BCUT2D eigenvalue weighted by molar-refractivity contribution is -0.253. The maximum absolute atomic E-state index is 12.5. The molecule has 1 aromatic carbocycles. The molecule has 0 atom stereocenters. The summed E-state index contributed by atoms with van der Waals surface area (Å²) in [5, 5.41) is 8.77. The molecule has 0 aromatic heterocycles. The predicted octanol–water partition coefficient (Wildman–Crippen LogP) is 3.74. The summed E-state index contributed by atoms with van der Waals surface area (Å²) in [4.78, 5) is 0. The molecule has 1 nitrogen and oxygen atoms in total. The van der Waals surface area contributed by atoms with Crippen molar-refractivity contribution >= 4 is 0 Å². The van der Waals surface area contributed by atoms with Crippen LogP contribution in [-0.2, 0) is 0 Å².